The quantitative estimate of drug-likeness (QED) is 0.808. The number of anilines is 2. The van der Waals surface area contributed by atoms with Crippen LogP contribution in [0.25, 0.3) is 6.08 Å². The molecule has 0 atom stereocenters. The number of nitrogens with zero attached hydrogens (tertiary/aromatic N) is 1. The molecule has 1 saturated heterocycles. The fourth-order valence-corrected chi connectivity index (χ4v) is 2.85. The van der Waals surface area contributed by atoms with Crippen molar-refractivity contribution in [2.24, 2.45) is 0 Å². The van der Waals surface area contributed by atoms with E-state index in [-0.39, 0.29) is 5.91 Å². The molecule has 0 spiro atoms. The Bertz CT molecular complexity index is 750. The minimum absolute atomic E-state index is 0.153. The summed E-state index contributed by atoms with van der Waals surface area (Å²) in [4.78, 5) is 14.6. The van der Waals surface area contributed by atoms with Crippen LogP contribution >= 0.6 is 0 Å². The molecule has 0 aliphatic carbocycles. The van der Waals surface area contributed by atoms with Crippen LogP contribution in [0.3, 0.4) is 0 Å². The molecule has 136 valence electrons. The van der Waals surface area contributed by atoms with Gasteiger partial charge < -0.3 is 19.7 Å². The summed E-state index contributed by atoms with van der Waals surface area (Å²) in [5, 5.41) is 2.98. The van der Waals surface area contributed by atoms with Crippen LogP contribution in [0.1, 0.15) is 12.5 Å². The molecule has 1 aliphatic heterocycles. The molecule has 1 fully saturated rings. The first-order valence-corrected chi connectivity index (χ1v) is 8.90. The lowest BCUT2D eigenvalue weighted by Crippen LogP contribution is -2.36. The number of amides is 1. The molecule has 0 radical (unpaired) electrons. The van der Waals surface area contributed by atoms with Gasteiger partial charge in [-0.15, -0.1) is 0 Å². The molecular formula is C21H24N2O3. The molecule has 2 aromatic rings. The summed E-state index contributed by atoms with van der Waals surface area (Å²) in [7, 11) is 0. The fraction of sp³-hybridized carbons (Fsp3) is 0.286. The molecule has 0 saturated carbocycles. The molecule has 0 bridgehead atoms. The van der Waals surface area contributed by atoms with E-state index in [1.165, 1.54) is 0 Å². The second-order valence-electron chi connectivity index (χ2n) is 5.94. The van der Waals surface area contributed by atoms with Gasteiger partial charge in [0.25, 0.3) is 0 Å². The van der Waals surface area contributed by atoms with Crippen LogP contribution in [0.5, 0.6) is 5.75 Å². The highest BCUT2D eigenvalue weighted by Gasteiger charge is 2.15. The van der Waals surface area contributed by atoms with Crippen LogP contribution in [0, 0.1) is 0 Å². The zero-order chi connectivity index (χ0) is 18.2. The van der Waals surface area contributed by atoms with Gasteiger partial charge in [0.2, 0.25) is 5.91 Å². The molecule has 1 amide bonds. The molecule has 1 aliphatic rings. The maximum atomic E-state index is 12.3. The number of para-hydroxylation sites is 2. The lowest BCUT2D eigenvalue weighted by atomic mass is 10.2. The first-order chi connectivity index (χ1) is 12.8. The zero-order valence-corrected chi connectivity index (χ0v) is 15.0. The number of nitrogens with one attached hydrogen (secondary N) is 1. The average Bonchev–Trinajstić information content (AvgIpc) is 2.69. The van der Waals surface area contributed by atoms with Gasteiger partial charge in [0.05, 0.1) is 31.2 Å². The predicted molar refractivity (Wildman–Crippen MR) is 105 cm³/mol. The van der Waals surface area contributed by atoms with Gasteiger partial charge in [-0.2, -0.15) is 0 Å². The molecule has 1 heterocycles. The van der Waals surface area contributed by atoms with E-state index in [4.69, 9.17) is 9.47 Å². The highest BCUT2D eigenvalue weighted by Crippen LogP contribution is 2.26. The van der Waals surface area contributed by atoms with E-state index in [1.54, 1.807) is 12.2 Å². The molecule has 26 heavy (non-hydrogen) atoms. The monoisotopic (exact) mass is 352 g/mol. The minimum atomic E-state index is -0.153. The van der Waals surface area contributed by atoms with Gasteiger partial charge in [-0.25, -0.2) is 0 Å². The maximum Gasteiger partial charge on any atom is 0.248 e. The Hall–Kier alpha value is -2.79. The molecular weight excluding hydrogens is 328 g/mol. The lowest BCUT2D eigenvalue weighted by Gasteiger charge is -2.30. The summed E-state index contributed by atoms with van der Waals surface area (Å²) < 4.78 is 10.8. The largest absolute Gasteiger partial charge is 0.494 e. The van der Waals surface area contributed by atoms with Crippen LogP contribution in [0.15, 0.2) is 54.6 Å². The Balaban J connectivity index is 1.64. The summed E-state index contributed by atoms with van der Waals surface area (Å²) in [5.74, 6) is 0.674. The van der Waals surface area contributed by atoms with Crippen molar-refractivity contribution < 1.29 is 14.3 Å². The number of ether oxygens (including phenoxy) is 2. The van der Waals surface area contributed by atoms with Crippen molar-refractivity contribution in [1.29, 1.82) is 0 Å². The molecule has 1 N–H and O–H groups in total. The van der Waals surface area contributed by atoms with Gasteiger partial charge in [-0.1, -0.05) is 24.3 Å². The van der Waals surface area contributed by atoms with E-state index >= 15 is 0 Å². The summed E-state index contributed by atoms with van der Waals surface area (Å²) >= 11 is 0. The van der Waals surface area contributed by atoms with E-state index in [2.05, 4.69) is 10.2 Å². The van der Waals surface area contributed by atoms with Crippen LogP contribution in [0.2, 0.25) is 0 Å². The molecule has 3 rings (SSSR count). The Labute approximate surface area is 154 Å². The zero-order valence-electron chi connectivity index (χ0n) is 15.0. The van der Waals surface area contributed by atoms with Gasteiger partial charge in [-0.3, -0.25) is 4.79 Å². The topological polar surface area (TPSA) is 50.8 Å². The van der Waals surface area contributed by atoms with E-state index in [1.807, 2.05) is 55.5 Å². The number of benzene rings is 2. The van der Waals surface area contributed by atoms with Crippen LogP contribution < -0.4 is 15.0 Å². The molecule has 5 nitrogen and oxygen atoms in total. The fourth-order valence-electron chi connectivity index (χ4n) is 2.85. The Kier molecular flexibility index (Phi) is 6.28. The third-order valence-corrected chi connectivity index (χ3v) is 4.13. The summed E-state index contributed by atoms with van der Waals surface area (Å²) in [5.41, 5.74) is 2.79. The first kappa shape index (κ1) is 18.0. The van der Waals surface area contributed by atoms with Crippen molar-refractivity contribution in [3.8, 4) is 5.75 Å². The minimum Gasteiger partial charge on any atom is -0.494 e. The van der Waals surface area contributed by atoms with Gasteiger partial charge >= 0.3 is 0 Å². The highest BCUT2D eigenvalue weighted by atomic mass is 16.5. The van der Waals surface area contributed by atoms with Crippen molar-refractivity contribution in [3.05, 3.63) is 60.2 Å². The third-order valence-electron chi connectivity index (χ3n) is 4.13. The summed E-state index contributed by atoms with van der Waals surface area (Å²) in [6, 6.07) is 15.5. The smallest absolute Gasteiger partial charge is 0.248 e. The third kappa shape index (κ3) is 4.86. The molecule has 2 aromatic carbocycles. The van der Waals surface area contributed by atoms with E-state index < -0.39 is 0 Å². The van der Waals surface area contributed by atoms with Crippen molar-refractivity contribution in [1.82, 2.24) is 0 Å². The van der Waals surface area contributed by atoms with Gasteiger partial charge in [0.1, 0.15) is 5.75 Å². The average molecular weight is 352 g/mol. The standard InChI is InChI=1S/C21H24N2O3/c1-2-26-18-10-7-17(8-11-18)9-12-21(24)22-19-5-3-4-6-20(19)23-13-15-25-16-14-23/h3-12H,2,13-16H2,1H3,(H,22,24)/b12-9+. The lowest BCUT2D eigenvalue weighted by molar-refractivity contribution is -0.111. The van der Waals surface area contributed by atoms with Gasteiger partial charge in [-0.05, 0) is 42.8 Å². The SMILES string of the molecule is CCOc1ccc(/C=C/C(=O)Nc2ccccc2N2CCOCC2)cc1. The van der Waals surface area contributed by atoms with Gasteiger partial charge in [0, 0.05) is 19.2 Å². The second kappa shape index (κ2) is 9.06. The van der Waals surface area contributed by atoms with E-state index in [9.17, 15) is 4.79 Å². The highest BCUT2D eigenvalue weighted by molar-refractivity contribution is 6.03. The van der Waals surface area contributed by atoms with E-state index in [0.29, 0.717) is 19.8 Å². The van der Waals surface area contributed by atoms with Crippen LogP contribution in [0.4, 0.5) is 11.4 Å². The summed E-state index contributed by atoms with van der Waals surface area (Å²) in [6.07, 6.45) is 3.34. The summed E-state index contributed by atoms with van der Waals surface area (Å²) in [6.45, 7) is 5.66. The molecule has 5 heteroatoms. The van der Waals surface area contributed by atoms with Crippen LogP contribution in [-0.4, -0.2) is 38.8 Å². The molecule has 0 aromatic heterocycles. The van der Waals surface area contributed by atoms with Crippen LogP contribution in [-0.2, 0) is 9.53 Å². The Morgan fingerprint density at radius 2 is 1.88 bits per heavy atom. The maximum absolute atomic E-state index is 12.3. The predicted octanol–water partition coefficient (Wildman–Crippen LogP) is 3.57. The number of carbonyl (C=O) groups is 1. The number of hydrogen-bond donors (Lipinski definition) is 1. The van der Waals surface area contributed by atoms with Crippen molar-refractivity contribution in [2.75, 3.05) is 43.1 Å². The van der Waals surface area contributed by atoms with E-state index in [0.717, 1.165) is 35.8 Å². The van der Waals surface area contributed by atoms with Crippen molar-refractivity contribution in [3.63, 3.8) is 0 Å². The number of morpholine rings is 1. The van der Waals surface area contributed by atoms with Crippen molar-refractivity contribution in [2.45, 2.75) is 6.92 Å². The van der Waals surface area contributed by atoms with Crippen molar-refractivity contribution >= 4 is 23.4 Å². The number of carbonyl (C=O) groups excluding carboxylic acids is 1. The van der Waals surface area contributed by atoms with Gasteiger partial charge in [0.15, 0.2) is 0 Å². The normalized spacial score (nSPS) is 14.4. The number of hydrogen-bond acceptors (Lipinski definition) is 4. The first-order valence-electron chi connectivity index (χ1n) is 8.90. The number of rotatable bonds is 6. The molecule has 0 unspecified atom stereocenters. The second-order valence-corrected chi connectivity index (χ2v) is 5.94. The Morgan fingerprint density at radius 1 is 1.15 bits per heavy atom. The Morgan fingerprint density at radius 3 is 2.62 bits per heavy atom.